The largest absolute Gasteiger partial charge is 0.393 e. The maximum Gasteiger partial charge on any atom is 0.232 e. The van der Waals surface area contributed by atoms with Gasteiger partial charge in [0, 0.05) is 18.5 Å². The van der Waals surface area contributed by atoms with Gasteiger partial charge in [-0.1, -0.05) is 6.07 Å². The van der Waals surface area contributed by atoms with Gasteiger partial charge in [0.25, 0.3) is 0 Å². The van der Waals surface area contributed by atoms with Crippen molar-refractivity contribution in [3.8, 4) is 0 Å². The molecule has 0 atom stereocenters. The summed E-state index contributed by atoms with van der Waals surface area (Å²) in [4.78, 5) is 15.2. The van der Waals surface area contributed by atoms with Crippen molar-refractivity contribution in [3.63, 3.8) is 0 Å². The molecule has 2 aliphatic rings. The molecule has 21 heavy (non-hydrogen) atoms. The highest BCUT2D eigenvalue weighted by Crippen LogP contribution is 2.29. The maximum absolute atomic E-state index is 12.1. The van der Waals surface area contributed by atoms with Crippen LogP contribution >= 0.6 is 11.8 Å². The zero-order valence-corrected chi connectivity index (χ0v) is 13.4. The van der Waals surface area contributed by atoms with Gasteiger partial charge in [-0.25, -0.2) is 0 Å². The molecular formula is C17H23NO2S. The lowest BCUT2D eigenvalue weighted by molar-refractivity contribution is -0.128. The standard InChI is InChI=1S/C17H23NO2S/c1-18(10-12-7-15(19)8-12)17(20)11-21-16-6-5-13-3-2-4-14(13)9-16/h5-6,9,12,15,19H,2-4,7-8,10-11H2,1H3. The van der Waals surface area contributed by atoms with Crippen LogP contribution in [0, 0.1) is 5.92 Å². The van der Waals surface area contributed by atoms with Crippen molar-refractivity contribution in [3.05, 3.63) is 29.3 Å². The highest BCUT2D eigenvalue weighted by atomic mass is 32.2. The molecule has 1 aromatic carbocycles. The van der Waals surface area contributed by atoms with Crippen molar-refractivity contribution in [1.82, 2.24) is 4.90 Å². The van der Waals surface area contributed by atoms with Gasteiger partial charge in [-0.05, 0) is 61.3 Å². The number of hydrogen-bond acceptors (Lipinski definition) is 3. The molecule has 0 aliphatic heterocycles. The van der Waals surface area contributed by atoms with E-state index in [2.05, 4.69) is 18.2 Å². The molecule has 0 heterocycles. The first-order valence-electron chi connectivity index (χ1n) is 7.78. The van der Waals surface area contributed by atoms with E-state index in [1.807, 2.05) is 11.9 Å². The molecule has 0 saturated heterocycles. The van der Waals surface area contributed by atoms with Gasteiger partial charge < -0.3 is 10.0 Å². The summed E-state index contributed by atoms with van der Waals surface area (Å²) < 4.78 is 0. The Kier molecular flexibility index (Phi) is 4.55. The Bertz CT molecular complexity index is 526. The van der Waals surface area contributed by atoms with Crippen LogP contribution < -0.4 is 0 Å². The number of aliphatic hydroxyl groups excluding tert-OH is 1. The van der Waals surface area contributed by atoms with Crippen molar-refractivity contribution < 1.29 is 9.90 Å². The van der Waals surface area contributed by atoms with Crippen LogP contribution in [0.1, 0.15) is 30.4 Å². The lowest BCUT2D eigenvalue weighted by Crippen LogP contribution is -2.40. The number of amides is 1. The van der Waals surface area contributed by atoms with Crippen molar-refractivity contribution in [2.45, 2.75) is 43.1 Å². The second kappa shape index (κ2) is 6.41. The molecule has 3 nitrogen and oxygen atoms in total. The normalized spacial score (nSPS) is 23.5. The Hall–Kier alpha value is -1.00. The fraction of sp³-hybridized carbons (Fsp3) is 0.588. The second-order valence-corrected chi connectivity index (χ2v) is 7.39. The number of carbonyl (C=O) groups excluding carboxylic acids is 1. The minimum absolute atomic E-state index is 0.140. The molecule has 1 aromatic rings. The van der Waals surface area contributed by atoms with Crippen LogP contribution in [0.2, 0.25) is 0 Å². The summed E-state index contributed by atoms with van der Waals surface area (Å²) in [6, 6.07) is 6.61. The topological polar surface area (TPSA) is 40.5 Å². The summed E-state index contributed by atoms with van der Waals surface area (Å²) in [6.45, 7) is 0.778. The van der Waals surface area contributed by atoms with E-state index in [1.165, 1.54) is 35.3 Å². The SMILES string of the molecule is CN(CC1CC(O)C1)C(=O)CSc1ccc2c(c1)CCC2. The number of rotatable bonds is 5. The van der Waals surface area contributed by atoms with Crippen molar-refractivity contribution in [2.75, 3.05) is 19.3 Å². The molecule has 114 valence electrons. The predicted molar refractivity (Wildman–Crippen MR) is 85.6 cm³/mol. The molecule has 0 spiro atoms. The van der Waals surface area contributed by atoms with Gasteiger partial charge in [0.2, 0.25) is 5.91 Å². The van der Waals surface area contributed by atoms with Crippen LogP contribution in [0.15, 0.2) is 23.1 Å². The van der Waals surface area contributed by atoms with E-state index < -0.39 is 0 Å². The van der Waals surface area contributed by atoms with Gasteiger partial charge in [-0.15, -0.1) is 11.8 Å². The van der Waals surface area contributed by atoms with E-state index in [4.69, 9.17) is 0 Å². The van der Waals surface area contributed by atoms with Gasteiger partial charge in [0.15, 0.2) is 0 Å². The molecule has 3 rings (SSSR count). The Morgan fingerprint density at radius 2 is 2.10 bits per heavy atom. The fourth-order valence-corrected chi connectivity index (χ4v) is 4.13. The zero-order valence-electron chi connectivity index (χ0n) is 12.5. The van der Waals surface area contributed by atoms with Crippen LogP contribution in [-0.2, 0) is 17.6 Å². The number of benzene rings is 1. The summed E-state index contributed by atoms with van der Waals surface area (Å²) in [7, 11) is 1.87. The first-order valence-corrected chi connectivity index (χ1v) is 8.77. The Balaban J connectivity index is 1.46. The molecule has 2 aliphatic carbocycles. The number of thioether (sulfide) groups is 1. The molecular weight excluding hydrogens is 282 g/mol. The van der Waals surface area contributed by atoms with E-state index in [-0.39, 0.29) is 12.0 Å². The minimum Gasteiger partial charge on any atom is -0.393 e. The number of aliphatic hydroxyl groups is 1. The average Bonchev–Trinajstić information content (AvgIpc) is 2.90. The van der Waals surface area contributed by atoms with Gasteiger partial charge in [-0.2, -0.15) is 0 Å². The lowest BCUT2D eigenvalue weighted by atomic mass is 9.82. The molecule has 0 unspecified atom stereocenters. The lowest BCUT2D eigenvalue weighted by Gasteiger charge is -2.34. The molecule has 1 fully saturated rings. The summed E-state index contributed by atoms with van der Waals surface area (Å²) >= 11 is 1.64. The van der Waals surface area contributed by atoms with E-state index in [9.17, 15) is 9.90 Å². The Labute approximate surface area is 130 Å². The van der Waals surface area contributed by atoms with Crippen LogP contribution in [0.4, 0.5) is 0 Å². The molecule has 1 amide bonds. The third kappa shape index (κ3) is 3.61. The van der Waals surface area contributed by atoms with Crippen LogP contribution in [0.25, 0.3) is 0 Å². The minimum atomic E-state index is -0.140. The van der Waals surface area contributed by atoms with E-state index >= 15 is 0 Å². The second-order valence-electron chi connectivity index (χ2n) is 6.34. The number of fused-ring (bicyclic) bond motifs is 1. The van der Waals surface area contributed by atoms with E-state index in [0.29, 0.717) is 11.7 Å². The van der Waals surface area contributed by atoms with Crippen LogP contribution in [-0.4, -0.2) is 41.4 Å². The van der Waals surface area contributed by atoms with Crippen LogP contribution in [0.5, 0.6) is 0 Å². The number of aryl methyl sites for hydroxylation is 2. The van der Waals surface area contributed by atoms with Crippen molar-refractivity contribution in [1.29, 1.82) is 0 Å². The number of nitrogens with zero attached hydrogens (tertiary/aromatic N) is 1. The Morgan fingerprint density at radius 1 is 1.33 bits per heavy atom. The van der Waals surface area contributed by atoms with Gasteiger partial charge in [-0.3, -0.25) is 4.79 Å². The summed E-state index contributed by atoms with van der Waals surface area (Å²) in [5, 5.41) is 9.29. The van der Waals surface area contributed by atoms with E-state index in [1.54, 1.807) is 11.8 Å². The zero-order chi connectivity index (χ0) is 14.8. The van der Waals surface area contributed by atoms with Gasteiger partial charge >= 0.3 is 0 Å². The van der Waals surface area contributed by atoms with E-state index in [0.717, 1.165) is 19.4 Å². The smallest absolute Gasteiger partial charge is 0.232 e. The molecule has 1 saturated carbocycles. The Morgan fingerprint density at radius 3 is 2.86 bits per heavy atom. The van der Waals surface area contributed by atoms with Crippen LogP contribution in [0.3, 0.4) is 0 Å². The third-order valence-electron chi connectivity index (χ3n) is 4.60. The van der Waals surface area contributed by atoms with Crippen molar-refractivity contribution >= 4 is 17.7 Å². The first kappa shape index (κ1) is 14.9. The highest BCUT2D eigenvalue weighted by molar-refractivity contribution is 8.00. The third-order valence-corrected chi connectivity index (χ3v) is 5.58. The molecule has 0 bridgehead atoms. The van der Waals surface area contributed by atoms with Gasteiger partial charge in [0.05, 0.1) is 11.9 Å². The van der Waals surface area contributed by atoms with Crippen molar-refractivity contribution in [2.24, 2.45) is 5.92 Å². The predicted octanol–water partition coefficient (Wildman–Crippen LogP) is 2.50. The molecule has 0 aromatic heterocycles. The fourth-order valence-electron chi connectivity index (χ4n) is 3.23. The molecule has 1 N–H and O–H groups in total. The van der Waals surface area contributed by atoms with Gasteiger partial charge in [0.1, 0.15) is 0 Å². The summed E-state index contributed by atoms with van der Waals surface area (Å²) in [6.07, 6.45) is 5.19. The summed E-state index contributed by atoms with van der Waals surface area (Å²) in [5.74, 6) is 1.17. The molecule has 0 radical (unpaired) electrons. The maximum atomic E-state index is 12.1. The monoisotopic (exact) mass is 305 g/mol. The highest BCUT2D eigenvalue weighted by Gasteiger charge is 2.29. The quantitative estimate of drug-likeness (QED) is 0.850. The number of carbonyl (C=O) groups is 1. The first-order chi connectivity index (χ1) is 10.1. The molecule has 4 heteroatoms. The number of hydrogen-bond donors (Lipinski definition) is 1. The average molecular weight is 305 g/mol. The summed E-state index contributed by atoms with van der Waals surface area (Å²) in [5.41, 5.74) is 2.94.